The second-order valence-electron chi connectivity index (χ2n) is 31.1. The second-order valence-corrected chi connectivity index (χ2v) is 32.0. The molecule has 6 N–H and O–H groups in total. The quantitative estimate of drug-likeness (QED) is 0.0289. The Balaban J connectivity index is 0.000000158. The molecule has 0 unspecified atom stereocenters. The van der Waals surface area contributed by atoms with Crippen LogP contribution in [-0.2, 0) is 45.0 Å². The summed E-state index contributed by atoms with van der Waals surface area (Å²) < 4.78 is 146. The number of piperidine rings is 3. The maximum absolute atomic E-state index is 15.3. The smallest absolute Gasteiger partial charge is 0.423 e. The van der Waals surface area contributed by atoms with Crippen molar-refractivity contribution in [3.05, 3.63) is 193 Å². The summed E-state index contributed by atoms with van der Waals surface area (Å²) in [6.45, 7) is 6.19. The molecular formula is C87H91Cl2F7N18O16. The molecule has 3 aromatic heterocycles. The molecule has 0 bridgehead atoms. The van der Waals surface area contributed by atoms with Crippen molar-refractivity contribution in [1.82, 2.24) is 75.6 Å². The van der Waals surface area contributed by atoms with Gasteiger partial charge in [-0.1, -0.05) is 59.6 Å². The molecule has 7 aliphatic rings. The Hall–Kier alpha value is -12.6. The summed E-state index contributed by atoms with van der Waals surface area (Å²) >= 11 is 12.6. The number of methoxy groups -OCH3 is 4. The minimum Gasteiger partial charge on any atom is -0.495 e. The van der Waals surface area contributed by atoms with Crippen LogP contribution in [-0.4, -0.2) is 248 Å². The first-order chi connectivity index (χ1) is 62.4. The van der Waals surface area contributed by atoms with Gasteiger partial charge in [0.05, 0.1) is 130 Å². The average Bonchev–Trinajstić information content (AvgIpc) is 1.76. The Morgan fingerprint density at radius 3 is 1.33 bits per heavy atom. The van der Waals surface area contributed by atoms with Crippen LogP contribution in [0.2, 0.25) is 10.0 Å². The van der Waals surface area contributed by atoms with Gasteiger partial charge in [0.25, 0.3) is 35.4 Å². The first kappa shape index (κ1) is 93.5. The molecule has 43 heteroatoms. The maximum Gasteiger partial charge on any atom is 0.423 e. The number of hydrogen-bond acceptors (Lipinski definition) is 28. The number of carbonyl (C=O) groups excluding carboxylic acids is 6. The van der Waals surface area contributed by atoms with E-state index in [1.54, 1.807) is 69.7 Å². The summed E-state index contributed by atoms with van der Waals surface area (Å²) in [6, 6.07) is 21.1. The van der Waals surface area contributed by atoms with Crippen LogP contribution < -0.4 is 60.3 Å². The number of benzene rings is 6. The molecule has 130 heavy (non-hydrogen) atoms. The standard InChI is InChI=1S/C32H34F4N6O5.C28H30ClFN6O6.C27H27ClF2N6O5/c1-41-17-18-4-3-5-25(27(18)30(41)44)47-29-22(32(34,35)36)16-37-31(40-29)39-24-15-23(33)21(14-26(24)45-2)28(43)38-19-6-10-42(11-7-19)20-8-12-46-13-9-20;1-35-9-8-19(23(14-35)40-3)32-25(37)16-10-22(39-2)20(11-18(16)30)33-28-31-12-17(29)26(34-28)42-21-7-5-6-15-13-36(41-4)27(38)24(15)21;1-35-8-7-19(18(30)13-35)32-24(37)15-9-22(39-2)20(10-17(15)29)33-27-31-11-16(28)25(34-27)41-21-6-4-5-14-12-36(40-3)26(38)23(14)21/h3-5,14-16,19-20H,6-13,17H2,1-2H3,(H,38,43)(H,37,39,40);5-7,10-12,19,23H,8-9,13-14H2,1-4H3,(H,32,37)(H,31,33,34);4-6,9-11,18-19H,7-8,12-13H2,1-3H3,(H,32,37)(H,31,33,34)/t;19-,23+;18-,19+/m.11/s1. The van der Waals surface area contributed by atoms with Gasteiger partial charge >= 0.3 is 6.18 Å². The van der Waals surface area contributed by atoms with Gasteiger partial charge in [0.1, 0.15) is 73.7 Å². The Morgan fingerprint density at radius 1 is 0.485 bits per heavy atom. The first-order valence-electron chi connectivity index (χ1n) is 41.0. The molecule has 0 saturated carbocycles. The van der Waals surface area contributed by atoms with Crippen molar-refractivity contribution in [2.45, 2.75) is 101 Å². The number of ether oxygens (including phenoxy) is 8. The SMILES string of the molecule is COc1cc(C(=O)NC2CCN(C3CCOCC3)CC2)c(F)cc1Nc1ncc(C(F)(F)F)c(Oc2cccc3c2C(=O)N(C)C3)n1.COc1cc(C(=O)N[C@@H]2CCN(C)C[C@@H]2OC)c(F)cc1Nc1ncc(Cl)c(Oc2cccc3c2C(=O)N(OC)C3)n1.COc1cc(C(=O)N[C@H]2CCN(C)C[C@H]2F)c(F)cc1Nc1ncc(Cl)c(Oc2cccc3c2C(=O)N(OC)C3)n1. The van der Waals surface area contributed by atoms with E-state index < -0.39 is 70.9 Å². The summed E-state index contributed by atoms with van der Waals surface area (Å²) in [4.78, 5) is 119. The average molecular weight is 1850 g/mol. The normalized spacial score (nSPS) is 18.3. The van der Waals surface area contributed by atoms with E-state index in [9.17, 15) is 46.3 Å². The van der Waals surface area contributed by atoms with Crippen LogP contribution in [0.15, 0.2) is 110 Å². The minimum atomic E-state index is -4.88. The van der Waals surface area contributed by atoms with Crippen molar-refractivity contribution in [1.29, 1.82) is 0 Å². The monoisotopic (exact) mass is 1850 g/mol. The molecule has 10 heterocycles. The fraction of sp³-hybridized carbons (Fsp3) is 0.379. The van der Waals surface area contributed by atoms with Crippen molar-refractivity contribution >= 4 is 93.6 Å². The largest absolute Gasteiger partial charge is 0.495 e. The van der Waals surface area contributed by atoms with E-state index >= 15 is 13.2 Å². The zero-order valence-electron chi connectivity index (χ0n) is 71.7. The number of nitrogens with one attached hydrogen (secondary N) is 6. The lowest BCUT2D eigenvalue weighted by Crippen LogP contribution is -2.53. The number of halogens is 9. The molecule has 4 fully saturated rings. The van der Waals surface area contributed by atoms with Crippen LogP contribution in [0.1, 0.15) is 123 Å². The lowest BCUT2D eigenvalue weighted by Gasteiger charge is -2.39. The van der Waals surface area contributed by atoms with E-state index in [2.05, 4.69) is 71.6 Å². The van der Waals surface area contributed by atoms with Gasteiger partial charge in [0.2, 0.25) is 35.5 Å². The Kier molecular flexibility index (Phi) is 29.5. The molecule has 4 atom stereocenters. The van der Waals surface area contributed by atoms with E-state index in [1.165, 1.54) is 87.2 Å². The molecule has 9 aromatic rings. The Morgan fingerprint density at radius 2 is 0.892 bits per heavy atom. The van der Waals surface area contributed by atoms with Crippen molar-refractivity contribution in [3.8, 4) is 52.1 Å². The number of alkyl halides is 4. The second kappa shape index (κ2) is 41.0. The molecule has 16 rings (SSSR count). The van der Waals surface area contributed by atoms with Crippen LogP contribution in [0.5, 0.6) is 52.1 Å². The van der Waals surface area contributed by atoms with Crippen LogP contribution in [0, 0.1) is 17.5 Å². The van der Waals surface area contributed by atoms with Crippen LogP contribution in [0.3, 0.4) is 0 Å². The van der Waals surface area contributed by atoms with Gasteiger partial charge in [-0.05, 0) is 112 Å². The minimum absolute atomic E-state index is 0.0102. The van der Waals surface area contributed by atoms with Crippen molar-refractivity contribution in [2.24, 2.45) is 0 Å². The Bertz CT molecular complexity index is 5750. The highest BCUT2D eigenvalue weighted by Crippen LogP contribution is 2.44. The van der Waals surface area contributed by atoms with E-state index in [-0.39, 0.29) is 170 Å². The molecule has 7 aliphatic heterocycles. The number of fused-ring (bicyclic) bond motifs is 3. The van der Waals surface area contributed by atoms with Gasteiger partial charge in [-0.25, -0.2) is 42.6 Å². The summed E-state index contributed by atoms with van der Waals surface area (Å²) in [7, 11) is 13.8. The number of rotatable bonds is 25. The maximum atomic E-state index is 15.3. The van der Waals surface area contributed by atoms with Crippen LogP contribution in [0.25, 0.3) is 0 Å². The number of aromatic nitrogens is 6. The number of amides is 6. The molecule has 0 aliphatic carbocycles. The lowest BCUT2D eigenvalue weighted by atomic mass is 9.99. The summed E-state index contributed by atoms with van der Waals surface area (Å²) in [5, 5.41) is 19.3. The van der Waals surface area contributed by atoms with E-state index in [1.807, 2.05) is 11.9 Å². The van der Waals surface area contributed by atoms with Crippen LogP contribution >= 0.6 is 23.2 Å². The Labute approximate surface area is 750 Å². The summed E-state index contributed by atoms with van der Waals surface area (Å²) in [5.74, 6) is -6.22. The van der Waals surface area contributed by atoms with E-state index in [4.69, 9.17) is 70.8 Å². The fourth-order valence-electron chi connectivity index (χ4n) is 15.9. The third-order valence-corrected chi connectivity index (χ3v) is 23.2. The third kappa shape index (κ3) is 21.3. The van der Waals surface area contributed by atoms with Crippen molar-refractivity contribution in [3.63, 3.8) is 0 Å². The third-order valence-electron chi connectivity index (χ3n) is 22.7. The number of likely N-dealkylation sites (tertiary alicyclic amines) is 3. The number of anilines is 6. The van der Waals surface area contributed by atoms with Crippen molar-refractivity contribution < 1.29 is 107 Å². The topological polar surface area (TPSA) is 364 Å². The predicted molar refractivity (Wildman–Crippen MR) is 457 cm³/mol. The van der Waals surface area contributed by atoms with Gasteiger partial charge in [-0.2, -0.15) is 28.1 Å². The van der Waals surface area contributed by atoms with E-state index in [0.717, 1.165) is 82.3 Å². The highest BCUT2D eigenvalue weighted by molar-refractivity contribution is 6.32. The molecule has 0 spiro atoms. The summed E-state index contributed by atoms with van der Waals surface area (Å²) in [6.07, 6.45) is 1.25. The van der Waals surface area contributed by atoms with Gasteiger partial charge < -0.3 is 89.4 Å². The van der Waals surface area contributed by atoms with Crippen molar-refractivity contribution in [2.75, 3.05) is 132 Å². The number of hydrogen-bond donors (Lipinski definition) is 6. The predicted octanol–water partition coefficient (Wildman–Crippen LogP) is 13.0. The highest BCUT2D eigenvalue weighted by Gasteiger charge is 2.41. The zero-order valence-corrected chi connectivity index (χ0v) is 73.2. The van der Waals surface area contributed by atoms with Gasteiger partial charge in [0, 0.05) is 103 Å². The fourth-order valence-corrected chi connectivity index (χ4v) is 16.1. The van der Waals surface area contributed by atoms with Gasteiger partial charge in [0.15, 0.2) is 0 Å². The molecule has 0 radical (unpaired) electrons. The molecular weight excluding hydrogens is 1760 g/mol. The number of carbonyl (C=O) groups is 6. The molecule has 4 saturated heterocycles. The number of nitrogens with zero attached hydrogens (tertiary/aromatic N) is 12. The van der Waals surface area contributed by atoms with E-state index in [0.29, 0.717) is 60.4 Å². The molecule has 688 valence electrons. The molecule has 34 nitrogen and oxygen atoms in total. The van der Waals surface area contributed by atoms with Gasteiger partial charge in [-0.3, -0.25) is 38.4 Å². The van der Waals surface area contributed by atoms with Gasteiger partial charge in [-0.15, -0.1) is 0 Å². The first-order valence-corrected chi connectivity index (χ1v) is 41.8. The number of likely N-dealkylation sites (N-methyl/N-ethyl adjacent to an activating group) is 1. The van der Waals surface area contributed by atoms with Crippen LogP contribution in [0.4, 0.5) is 65.6 Å². The number of hydroxylamine groups is 4. The lowest BCUT2D eigenvalue weighted by molar-refractivity contribution is -0.139. The summed E-state index contributed by atoms with van der Waals surface area (Å²) in [5.41, 5.74) is 1.06. The molecule has 6 amide bonds. The highest BCUT2D eigenvalue weighted by atomic mass is 35.5. The molecule has 6 aromatic carbocycles. The zero-order chi connectivity index (χ0) is 92.5.